The third-order valence-corrected chi connectivity index (χ3v) is 4.45. The van der Waals surface area contributed by atoms with Crippen molar-refractivity contribution >= 4 is 34.5 Å². The molecule has 8 heteroatoms. The molecule has 26 heavy (non-hydrogen) atoms. The minimum absolute atomic E-state index is 0.0325. The van der Waals surface area contributed by atoms with Crippen LogP contribution in [-0.2, 0) is 11.3 Å². The number of nitrogens with one attached hydrogen (secondary N) is 2. The van der Waals surface area contributed by atoms with Gasteiger partial charge in [0.15, 0.2) is 10.8 Å². The van der Waals surface area contributed by atoms with Crippen LogP contribution in [-0.4, -0.2) is 44.5 Å². The topological polar surface area (TPSA) is 84.7 Å². The Labute approximate surface area is 159 Å². The monoisotopic (exact) mass is 378 g/mol. The maximum atomic E-state index is 12.0. The Morgan fingerprint density at radius 3 is 2.65 bits per heavy atom. The van der Waals surface area contributed by atoms with E-state index in [1.165, 1.54) is 0 Å². The van der Waals surface area contributed by atoms with Gasteiger partial charge in [-0.2, -0.15) is 5.10 Å². The predicted molar refractivity (Wildman–Crippen MR) is 108 cm³/mol. The lowest BCUT2D eigenvalue weighted by Gasteiger charge is -2.17. The van der Waals surface area contributed by atoms with E-state index in [1.807, 2.05) is 25.5 Å². The number of amides is 1. The zero-order valence-electron chi connectivity index (χ0n) is 16.6. The van der Waals surface area contributed by atoms with Gasteiger partial charge in [0, 0.05) is 18.5 Å². The molecule has 0 saturated heterocycles. The highest BCUT2D eigenvalue weighted by Gasteiger charge is 2.20. The molecule has 0 aliphatic rings. The number of rotatable bonds is 8. The second-order valence-corrected chi connectivity index (χ2v) is 8.90. The third kappa shape index (κ3) is 5.33. The molecule has 2 heterocycles. The fraction of sp³-hybridized carbons (Fsp3) is 0.667. The summed E-state index contributed by atoms with van der Waals surface area (Å²) >= 11 is 1.61. The van der Waals surface area contributed by atoms with Gasteiger partial charge in [-0.1, -0.05) is 53.3 Å². The molecule has 7 nitrogen and oxygen atoms in total. The summed E-state index contributed by atoms with van der Waals surface area (Å²) in [6, 6.07) is 0. The first kappa shape index (κ1) is 20.5. The van der Waals surface area contributed by atoms with Crippen LogP contribution in [0, 0.1) is 11.3 Å². The smallest absolute Gasteiger partial charge is 0.225 e. The van der Waals surface area contributed by atoms with Crippen LogP contribution in [0.3, 0.4) is 0 Å². The molecule has 0 spiro atoms. The molecule has 0 aromatic carbocycles. The minimum atomic E-state index is -0.396. The number of carbonyl (C=O) groups excluding carboxylic acids is 1. The second-order valence-electron chi connectivity index (χ2n) is 7.67. The fourth-order valence-corrected chi connectivity index (χ4v) is 2.83. The van der Waals surface area contributed by atoms with Gasteiger partial charge >= 0.3 is 0 Å². The summed E-state index contributed by atoms with van der Waals surface area (Å²) in [5, 5.41) is 12.5. The van der Waals surface area contributed by atoms with Crippen molar-refractivity contribution in [2.24, 2.45) is 11.3 Å². The summed E-state index contributed by atoms with van der Waals surface area (Å²) in [6.07, 6.45) is 1.80. The van der Waals surface area contributed by atoms with Gasteiger partial charge in [-0.3, -0.25) is 4.79 Å². The summed E-state index contributed by atoms with van der Waals surface area (Å²) in [6.45, 7) is 14.0. The summed E-state index contributed by atoms with van der Waals surface area (Å²) in [7, 11) is 0. The van der Waals surface area contributed by atoms with E-state index >= 15 is 0 Å². The molecule has 0 fully saturated rings. The molecule has 1 amide bonds. The average molecular weight is 379 g/mol. The lowest BCUT2D eigenvalue weighted by Crippen LogP contribution is -2.36. The molecule has 0 atom stereocenters. The quantitative estimate of drug-likeness (QED) is 0.542. The van der Waals surface area contributed by atoms with E-state index in [0.717, 1.165) is 34.3 Å². The van der Waals surface area contributed by atoms with Crippen LogP contribution in [0.5, 0.6) is 0 Å². The standard InChI is InChI=1S/C18H30N6OS/c1-7-26-17-22-14(20-10-12(2)3)13-11-21-24(15(13)23-17)9-8-19-16(25)18(4,5)6/h11-12H,7-10H2,1-6H3,(H,19,25)(H,20,22,23). The van der Waals surface area contributed by atoms with E-state index < -0.39 is 5.41 Å². The molecular weight excluding hydrogens is 348 g/mol. The average Bonchev–Trinajstić information content (AvgIpc) is 2.95. The molecule has 0 saturated carbocycles. The Morgan fingerprint density at radius 1 is 1.31 bits per heavy atom. The van der Waals surface area contributed by atoms with Crippen molar-refractivity contribution in [3.8, 4) is 0 Å². The molecule has 144 valence electrons. The minimum Gasteiger partial charge on any atom is -0.369 e. The first-order valence-electron chi connectivity index (χ1n) is 9.11. The SMILES string of the molecule is CCSc1nc(NCC(C)C)c2cnn(CCNC(=O)C(C)(C)C)c2n1. The summed E-state index contributed by atoms with van der Waals surface area (Å²) in [4.78, 5) is 21.3. The van der Waals surface area contributed by atoms with Gasteiger partial charge in [-0.05, 0) is 11.7 Å². The predicted octanol–water partition coefficient (Wildman–Crippen LogP) is 3.17. The summed E-state index contributed by atoms with van der Waals surface area (Å²) in [5.74, 6) is 2.28. The number of carbonyl (C=O) groups is 1. The van der Waals surface area contributed by atoms with E-state index in [2.05, 4.69) is 46.5 Å². The lowest BCUT2D eigenvalue weighted by atomic mass is 9.96. The van der Waals surface area contributed by atoms with E-state index in [9.17, 15) is 4.79 Å². The lowest BCUT2D eigenvalue weighted by molar-refractivity contribution is -0.128. The highest BCUT2D eigenvalue weighted by Crippen LogP contribution is 2.24. The maximum Gasteiger partial charge on any atom is 0.225 e. The molecular formula is C18H30N6OS. The van der Waals surface area contributed by atoms with E-state index in [4.69, 9.17) is 0 Å². The van der Waals surface area contributed by atoms with Gasteiger partial charge in [-0.25, -0.2) is 14.6 Å². The zero-order chi connectivity index (χ0) is 19.3. The molecule has 2 aromatic heterocycles. The number of aromatic nitrogens is 4. The van der Waals surface area contributed by atoms with Crippen molar-refractivity contribution in [3.05, 3.63) is 6.20 Å². The number of fused-ring (bicyclic) bond motifs is 1. The van der Waals surface area contributed by atoms with E-state index in [1.54, 1.807) is 18.0 Å². The molecule has 0 aliphatic carbocycles. The van der Waals surface area contributed by atoms with Gasteiger partial charge in [-0.15, -0.1) is 0 Å². The Kier molecular flexibility index (Phi) is 6.86. The first-order chi connectivity index (χ1) is 12.2. The van der Waals surface area contributed by atoms with Crippen molar-refractivity contribution in [2.45, 2.75) is 53.2 Å². The van der Waals surface area contributed by atoms with Crippen LogP contribution in [0.15, 0.2) is 11.4 Å². The number of hydrogen-bond acceptors (Lipinski definition) is 6. The molecule has 0 radical (unpaired) electrons. The van der Waals surface area contributed by atoms with Crippen LogP contribution in [0.25, 0.3) is 11.0 Å². The Balaban J connectivity index is 2.21. The van der Waals surface area contributed by atoms with Crippen LogP contribution in [0.2, 0.25) is 0 Å². The van der Waals surface area contributed by atoms with Crippen LogP contribution in [0.1, 0.15) is 41.5 Å². The summed E-state index contributed by atoms with van der Waals surface area (Å²) in [5.41, 5.74) is 0.403. The van der Waals surface area contributed by atoms with Crippen molar-refractivity contribution in [1.82, 2.24) is 25.1 Å². The molecule has 0 bridgehead atoms. The highest BCUT2D eigenvalue weighted by atomic mass is 32.2. The van der Waals surface area contributed by atoms with Crippen LogP contribution < -0.4 is 10.6 Å². The van der Waals surface area contributed by atoms with Gasteiger partial charge in [0.05, 0.1) is 18.1 Å². The zero-order valence-corrected chi connectivity index (χ0v) is 17.4. The normalized spacial score (nSPS) is 12.0. The number of hydrogen-bond donors (Lipinski definition) is 2. The molecule has 0 aliphatic heterocycles. The second kappa shape index (κ2) is 8.70. The van der Waals surface area contributed by atoms with Crippen LogP contribution >= 0.6 is 11.8 Å². The molecule has 0 unspecified atom stereocenters. The van der Waals surface area contributed by atoms with Gasteiger partial charge in [0.1, 0.15) is 5.82 Å². The third-order valence-electron chi connectivity index (χ3n) is 3.72. The largest absolute Gasteiger partial charge is 0.369 e. The van der Waals surface area contributed by atoms with E-state index in [0.29, 0.717) is 19.0 Å². The van der Waals surface area contributed by atoms with Gasteiger partial charge < -0.3 is 10.6 Å². The highest BCUT2D eigenvalue weighted by molar-refractivity contribution is 7.99. The fourth-order valence-electron chi connectivity index (χ4n) is 2.27. The number of thioether (sulfide) groups is 1. The molecule has 2 rings (SSSR count). The number of anilines is 1. The number of nitrogens with zero attached hydrogens (tertiary/aromatic N) is 4. The first-order valence-corrected chi connectivity index (χ1v) is 10.1. The van der Waals surface area contributed by atoms with Crippen molar-refractivity contribution in [1.29, 1.82) is 0 Å². The Hall–Kier alpha value is -1.83. The van der Waals surface area contributed by atoms with Crippen molar-refractivity contribution in [3.63, 3.8) is 0 Å². The summed E-state index contributed by atoms with van der Waals surface area (Å²) < 4.78 is 1.83. The molecule has 2 aromatic rings. The van der Waals surface area contributed by atoms with E-state index in [-0.39, 0.29) is 5.91 Å². The Bertz CT molecular complexity index is 750. The van der Waals surface area contributed by atoms with Crippen molar-refractivity contribution < 1.29 is 4.79 Å². The van der Waals surface area contributed by atoms with Crippen LogP contribution in [0.4, 0.5) is 5.82 Å². The Morgan fingerprint density at radius 2 is 2.04 bits per heavy atom. The maximum absolute atomic E-state index is 12.0. The van der Waals surface area contributed by atoms with Crippen molar-refractivity contribution in [2.75, 3.05) is 24.2 Å². The molecule has 2 N–H and O–H groups in total. The van der Waals surface area contributed by atoms with Gasteiger partial charge in [0.2, 0.25) is 5.91 Å². The van der Waals surface area contributed by atoms with Gasteiger partial charge in [0.25, 0.3) is 0 Å².